The first-order chi connectivity index (χ1) is 4.22. The quantitative estimate of drug-likeness (QED) is 0.528. The van der Waals surface area contributed by atoms with Gasteiger partial charge in [0.05, 0.1) is 0 Å². The van der Waals surface area contributed by atoms with E-state index in [4.69, 9.17) is 0 Å². The summed E-state index contributed by atoms with van der Waals surface area (Å²) in [6, 6.07) is 5.84. The van der Waals surface area contributed by atoms with Crippen LogP contribution >= 0.6 is 9.24 Å². The van der Waals surface area contributed by atoms with Gasteiger partial charge in [-0.25, -0.2) is 0 Å². The number of rotatable bonds is 0. The fourth-order valence-corrected chi connectivity index (χ4v) is 1.39. The van der Waals surface area contributed by atoms with E-state index in [1.165, 1.54) is 0 Å². The van der Waals surface area contributed by atoms with Crippen LogP contribution in [-0.4, -0.2) is 5.11 Å². The zero-order chi connectivity index (χ0) is 6.85. The molecule has 9 heavy (non-hydrogen) atoms. The summed E-state index contributed by atoms with van der Waals surface area (Å²) >= 11 is 0. The van der Waals surface area contributed by atoms with Gasteiger partial charge in [0.1, 0.15) is 0 Å². The number of para-hydroxylation sites is 1. The van der Waals surface area contributed by atoms with Crippen LogP contribution in [0.2, 0.25) is 0 Å². The van der Waals surface area contributed by atoms with Crippen molar-refractivity contribution in [1.82, 2.24) is 0 Å². The molecule has 1 rings (SSSR count). The molecule has 0 heterocycles. The van der Waals surface area contributed by atoms with Crippen LogP contribution < -0.4 is 5.30 Å². The van der Waals surface area contributed by atoms with Crippen molar-refractivity contribution in [3.63, 3.8) is 0 Å². The molecule has 0 saturated heterocycles. The van der Waals surface area contributed by atoms with Crippen molar-refractivity contribution in [1.29, 1.82) is 0 Å². The first-order valence-corrected chi connectivity index (χ1v) is 3.97. The molecule has 1 nitrogen and oxygen atoms in total. The maximum absolute atomic E-state index is 9.24. The third kappa shape index (κ3) is 1.22. The molecule has 0 radical (unpaired) electrons. The summed E-state index contributed by atoms with van der Waals surface area (Å²) in [4.78, 5) is 0. The average Bonchev–Trinajstić information content (AvgIpc) is 1.83. The molecular weight excluding hydrogens is 131 g/mol. The predicted octanol–water partition coefficient (Wildman–Crippen LogP) is 0.666. The first kappa shape index (κ1) is 6.57. The number of hydrogen-bond acceptors (Lipinski definition) is 1. The van der Waals surface area contributed by atoms with Gasteiger partial charge in [0.2, 0.25) is 0 Å². The van der Waals surface area contributed by atoms with E-state index in [-0.39, 0.29) is 0 Å². The topological polar surface area (TPSA) is 20.2 Å². The molecule has 0 spiro atoms. The molecule has 1 aromatic carbocycles. The third-order valence-electron chi connectivity index (χ3n) is 1.44. The van der Waals surface area contributed by atoms with Crippen LogP contribution in [0.1, 0.15) is 5.56 Å². The molecule has 0 amide bonds. The Morgan fingerprint density at radius 2 is 2.11 bits per heavy atom. The summed E-state index contributed by atoms with van der Waals surface area (Å²) in [5.74, 6) is 0.476. The van der Waals surface area contributed by atoms with Crippen LogP contribution in [-0.2, 0) is 0 Å². The third-order valence-corrected chi connectivity index (χ3v) is 2.25. The summed E-state index contributed by atoms with van der Waals surface area (Å²) in [6.45, 7) is 1.91. The second kappa shape index (κ2) is 2.36. The molecule has 0 aliphatic carbocycles. The SMILES string of the molecule is Cc1cccc([PH4])c1O. The molecular formula is C7H11OP. The van der Waals surface area contributed by atoms with Gasteiger partial charge in [0.15, 0.2) is 0 Å². The van der Waals surface area contributed by atoms with E-state index in [2.05, 4.69) is 0 Å². The second-order valence-corrected chi connectivity index (χ2v) is 3.32. The Hall–Kier alpha value is -0.550. The van der Waals surface area contributed by atoms with Gasteiger partial charge < -0.3 is 0 Å². The Bertz CT molecular complexity index is 200. The van der Waals surface area contributed by atoms with Crippen molar-refractivity contribution in [2.75, 3.05) is 0 Å². The van der Waals surface area contributed by atoms with E-state index in [9.17, 15) is 5.11 Å². The van der Waals surface area contributed by atoms with Gasteiger partial charge in [-0.2, -0.15) is 0 Å². The minimum atomic E-state index is 0.476. The molecule has 0 unspecified atom stereocenters. The van der Waals surface area contributed by atoms with Gasteiger partial charge in [-0.05, 0) is 0 Å². The van der Waals surface area contributed by atoms with Gasteiger partial charge >= 0.3 is 56.1 Å². The molecule has 0 aliphatic heterocycles. The summed E-state index contributed by atoms with van der Waals surface area (Å²) < 4.78 is 0. The van der Waals surface area contributed by atoms with Crippen molar-refractivity contribution in [3.8, 4) is 5.75 Å². The standard InChI is InChI=1S/C7H11OP/c1-5-3-2-4-6(9)7(5)8/h2-4,8H,1H3,9H4. The summed E-state index contributed by atoms with van der Waals surface area (Å²) in [6.07, 6.45) is 0. The van der Waals surface area contributed by atoms with E-state index < -0.39 is 0 Å². The zero-order valence-corrected chi connectivity index (χ0v) is 7.68. The zero-order valence-electron chi connectivity index (χ0n) is 5.68. The summed E-state index contributed by atoms with van der Waals surface area (Å²) in [5, 5.41) is 10.3. The van der Waals surface area contributed by atoms with Gasteiger partial charge in [-0.3, -0.25) is 0 Å². The first-order valence-electron chi connectivity index (χ1n) is 2.97. The number of phenols is 1. The number of benzene rings is 1. The molecule has 0 atom stereocenters. The number of phenolic OH excluding ortho intramolecular Hbond substituents is 1. The molecule has 1 N–H and O–H groups in total. The van der Waals surface area contributed by atoms with Crippen LogP contribution in [0.3, 0.4) is 0 Å². The second-order valence-electron chi connectivity index (χ2n) is 2.24. The fourth-order valence-electron chi connectivity index (χ4n) is 0.806. The Morgan fingerprint density at radius 3 is 2.56 bits per heavy atom. The fraction of sp³-hybridized carbons (Fsp3) is 0.143. The molecule has 2 heteroatoms. The summed E-state index contributed by atoms with van der Waals surface area (Å²) in [5.41, 5.74) is 0.975. The van der Waals surface area contributed by atoms with E-state index in [0.29, 0.717) is 5.75 Å². The molecule has 1 aromatic rings. The summed E-state index contributed by atoms with van der Waals surface area (Å²) in [7, 11) is 0.925. The normalized spacial score (nSPS) is 9.67. The van der Waals surface area contributed by atoms with Crippen molar-refractivity contribution >= 4 is 14.5 Å². The van der Waals surface area contributed by atoms with Crippen LogP contribution in [0.5, 0.6) is 5.75 Å². The Balaban J connectivity index is 3.25. The van der Waals surface area contributed by atoms with Crippen LogP contribution in [0.4, 0.5) is 0 Å². The monoisotopic (exact) mass is 142 g/mol. The number of hydrogen-bond donors (Lipinski definition) is 1. The van der Waals surface area contributed by atoms with E-state index >= 15 is 0 Å². The molecule has 50 valence electrons. The Morgan fingerprint density at radius 1 is 1.44 bits per heavy atom. The van der Waals surface area contributed by atoms with E-state index in [0.717, 1.165) is 20.1 Å². The molecule has 0 aromatic heterocycles. The maximum atomic E-state index is 9.24. The molecule has 0 saturated carbocycles. The predicted molar refractivity (Wildman–Crippen MR) is 45.0 cm³/mol. The van der Waals surface area contributed by atoms with Crippen LogP contribution in [0.15, 0.2) is 18.2 Å². The molecule has 0 aliphatic rings. The van der Waals surface area contributed by atoms with Crippen molar-refractivity contribution in [2.45, 2.75) is 6.92 Å². The van der Waals surface area contributed by atoms with Gasteiger partial charge in [-0.1, -0.05) is 0 Å². The minimum absolute atomic E-state index is 0.476. The van der Waals surface area contributed by atoms with E-state index in [1.807, 2.05) is 25.1 Å². The number of aryl methyl sites for hydroxylation is 1. The van der Waals surface area contributed by atoms with Crippen molar-refractivity contribution < 1.29 is 5.11 Å². The van der Waals surface area contributed by atoms with Crippen LogP contribution in [0.25, 0.3) is 0 Å². The average molecular weight is 142 g/mol. The Kier molecular flexibility index (Phi) is 1.73. The van der Waals surface area contributed by atoms with Gasteiger partial charge in [0.25, 0.3) is 0 Å². The van der Waals surface area contributed by atoms with Crippen molar-refractivity contribution in [3.05, 3.63) is 23.8 Å². The van der Waals surface area contributed by atoms with Crippen molar-refractivity contribution in [2.24, 2.45) is 0 Å². The van der Waals surface area contributed by atoms with Gasteiger partial charge in [0, 0.05) is 0 Å². The number of aromatic hydroxyl groups is 1. The van der Waals surface area contributed by atoms with Crippen LogP contribution in [0, 0.1) is 6.92 Å². The molecule has 0 fully saturated rings. The molecule has 0 bridgehead atoms. The van der Waals surface area contributed by atoms with Gasteiger partial charge in [-0.15, -0.1) is 0 Å². The Labute approximate surface area is 56.9 Å². The van der Waals surface area contributed by atoms with E-state index in [1.54, 1.807) is 0 Å².